The van der Waals surface area contributed by atoms with Gasteiger partial charge in [-0.05, 0) is 57.1 Å². The number of amides is 1. The molecule has 3 rings (SSSR count). The van der Waals surface area contributed by atoms with Crippen molar-refractivity contribution in [2.75, 3.05) is 26.7 Å². The zero-order chi connectivity index (χ0) is 16.9. The van der Waals surface area contributed by atoms with Crippen molar-refractivity contribution in [3.63, 3.8) is 0 Å². The van der Waals surface area contributed by atoms with Crippen molar-refractivity contribution in [1.82, 2.24) is 20.0 Å². The van der Waals surface area contributed by atoms with E-state index in [4.69, 9.17) is 4.74 Å². The van der Waals surface area contributed by atoms with Gasteiger partial charge in [-0.1, -0.05) is 0 Å². The van der Waals surface area contributed by atoms with Crippen molar-refractivity contribution in [3.8, 4) is 11.4 Å². The molecule has 128 valence electrons. The molecule has 6 heteroatoms. The number of nitrogens with zero attached hydrogens (tertiary/aromatic N) is 3. The van der Waals surface area contributed by atoms with Crippen molar-refractivity contribution >= 4 is 5.91 Å². The van der Waals surface area contributed by atoms with Gasteiger partial charge in [0, 0.05) is 11.8 Å². The number of hydrogen-bond acceptors (Lipinski definition) is 4. The van der Waals surface area contributed by atoms with Gasteiger partial charge in [-0.2, -0.15) is 5.10 Å². The van der Waals surface area contributed by atoms with Crippen molar-refractivity contribution in [2.45, 2.75) is 25.8 Å². The second kappa shape index (κ2) is 7.49. The van der Waals surface area contributed by atoms with E-state index in [-0.39, 0.29) is 11.9 Å². The maximum Gasteiger partial charge on any atom is 0.234 e. The lowest BCUT2D eigenvalue weighted by Crippen LogP contribution is -2.36. The first kappa shape index (κ1) is 16.5. The predicted molar refractivity (Wildman–Crippen MR) is 92.3 cm³/mol. The Hall–Kier alpha value is -2.34. The summed E-state index contributed by atoms with van der Waals surface area (Å²) >= 11 is 0. The minimum Gasteiger partial charge on any atom is -0.497 e. The summed E-state index contributed by atoms with van der Waals surface area (Å²) in [6.07, 6.45) is 6.13. The molecule has 0 radical (unpaired) electrons. The second-order valence-electron chi connectivity index (χ2n) is 6.19. The summed E-state index contributed by atoms with van der Waals surface area (Å²) in [6.45, 7) is 4.52. The Kier molecular flexibility index (Phi) is 5.15. The van der Waals surface area contributed by atoms with Crippen LogP contribution in [0.1, 0.15) is 31.4 Å². The van der Waals surface area contributed by atoms with Crippen LogP contribution >= 0.6 is 0 Å². The lowest BCUT2D eigenvalue weighted by atomic mass is 10.2. The smallest absolute Gasteiger partial charge is 0.234 e. The van der Waals surface area contributed by atoms with E-state index in [1.54, 1.807) is 18.0 Å². The van der Waals surface area contributed by atoms with Crippen LogP contribution in [0.5, 0.6) is 5.75 Å². The summed E-state index contributed by atoms with van der Waals surface area (Å²) in [6, 6.07) is 7.64. The van der Waals surface area contributed by atoms with Crippen LogP contribution in [-0.2, 0) is 4.79 Å². The average Bonchev–Trinajstić information content (AvgIpc) is 3.26. The molecule has 2 aromatic rings. The number of aromatic nitrogens is 2. The largest absolute Gasteiger partial charge is 0.497 e. The van der Waals surface area contributed by atoms with Gasteiger partial charge in [-0.25, -0.2) is 4.68 Å². The molecule has 0 unspecified atom stereocenters. The van der Waals surface area contributed by atoms with Crippen LogP contribution < -0.4 is 10.1 Å². The molecule has 2 heterocycles. The van der Waals surface area contributed by atoms with Gasteiger partial charge in [0.25, 0.3) is 0 Å². The number of nitrogens with one attached hydrogen (secondary N) is 1. The van der Waals surface area contributed by atoms with Gasteiger partial charge in [0.15, 0.2) is 0 Å². The van der Waals surface area contributed by atoms with Crippen LogP contribution in [0.3, 0.4) is 0 Å². The zero-order valence-electron chi connectivity index (χ0n) is 14.2. The Bertz CT molecular complexity index is 675. The second-order valence-corrected chi connectivity index (χ2v) is 6.19. The molecule has 1 aromatic carbocycles. The van der Waals surface area contributed by atoms with Crippen molar-refractivity contribution in [1.29, 1.82) is 0 Å². The Labute approximate surface area is 142 Å². The maximum atomic E-state index is 12.1. The number of carbonyl (C=O) groups is 1. The number of likely N-dealkylation sites (tertiary alicyclic amines) is 1. The molecule has 0 saturated carbocycles. The van der Waals surface area contributed by atoms with E-state index in [2.05, 4.69) is 15.3 Å². The monoisotopic (exact) mass is 328 g/mol. The molecule has 6 nitrogen and oxygen atoms in total. The van der Waals surface area contributed by atoms with E-state index < -0.39 is 0 Å². The first-order valence-electron chi connectivity index (χ1n) is 8.36. The van der Waals surface area contributed by atoms with E-state index in [1.807, 2.05) is 37.4 Å². The van der Waals surface area contributed by atoms with Gasteiger partial charge < -0.3 is 10.1 Å². The van der Waals surface area contributed by atoms with Crippen LogP contribution in [0.25, 0.3) is 5.69 Å². The van der Waals surface area contributed by atoms with E-state index in [1.165, 1.54) is 12.8 Å². The normalized spacial score (nSPS) is 16.1. The fourth-order valence-electron chi connectivity index (χ4n) is 2.95. The highest BCUT2D eigenvalue weighted by molar-refractivity contribution is 5.78. The maximum absolute atomic E-state index is 12.1. The third-order valence-electron chi connectivity index (χ3n) is 4.38. The standard InChI is InChI=1S/C18H24N4O2/c1-14(20-18(23)13-21-9-3-4-10-21)15-11-19-22(12-15)16-5-7-17(24-2)8-6-16/h5-8,11-12,14H,3-4,9-10,13H2,1-2H3,(H,20,23)/t14-/m0/s1. The summed E-state index contributed by atoms with van der Waals surface area (Å²) < 4.78 is 6.97. The molecule has 1 fully saturated rings. The van der Waals surface area contributed by atoms with Crippen molar-refractivity contribution in [2.24, 2.45) is 0 Å². The minimum atomic E-state index is -0.0629. The summed E-state index contributed by atoms with van der Waals surface area (Å²) in [4.78, 5) is 14.3. The number of hydrogen-bond donors (Lipinski definition) is 1. The van der Waals surface area contributed by atoms with Crippen LogP contribution in [-0.4, -0.2) is 47.3 Å². The summed E-state index contributed by atoms with van der Waals surface area (Å²) in [5, 5.41) is 7.44. The highest BCUT2D eigenvalue weighted by atomic mass is 16.5. The Morgan fingerprint density at radius 1 is 1.29 bits per heavy atom. The van der Waals surface area contributed by atoms with Crippen LogP contribution in [0.2, 0.25) is 0 Å². The highest BCUT2D eigenvalue weighted by Gasteiger charge is 2.17. The zero-order valence-corrected chi connectivity index (χ0v) is 14.2. The van der Waals surface area contributed by atoms with E-state index in [9.17, 15) is 4.79 Å². The van der Waals surface area contributed by atoms with Crippen molar-refractivity contribution in [3.05, 3.63) is 42.2 Å². The molecular weight excluding hydrogens is 304 g/mol. The molecule has 0 spiro atoms. The topological polar surface area (TPSA) is 59.4 Å². The fraction of sp³-hybridized carbons (Fsp3) is 0.444. The molecule has 1 aromatic heterocycles. The lowest BCUT2D eigenvalue weighted by molar-refractivity contribution is -0.122. The molecule has 1 atom stereocenters. The van der Waals surface area contributed by atoms with Gasteiger partial charge in [0.05, 0.1) is 31.6 Å². The first-order valence-corrected chi connectivity index (χ1v) is 8.36. The summed E-state index contributed by atoms with van der Waals surface area (Å²) in [5.74, 6) is 0.885. The minimum absolute atomic E-state index is 0.0629. The van der Waals surface area contributed by atoms with E-state index >= 15 is 0 Å². The molecule has 1 amide bonds. The molecule has 1 saturated heterocycles. The number of methoxy groups -OCH3 is 1. The highest BCUT2D eigenvalue weighted by Crippen LogP contribution is 2.17. The third kappa shape index (κ3) is 3.94. The first-order chi connectivity index (χ1) is 11.7. The Balaban J connectivity index is 1.60. The lowest BCUT2D eigenvalue weighted by Gasteiger charge is -2.17. The fourth-order valence-corrected chi connectivity index (χ4v) is 2.95. The molecule has 1 aliphatic heterocycles. The van der Waals surface area contributed by atoms with Gasteiger partial charge in [-0.3, -0.25) is 9.69 Å². The summed E-state index contributed by atoms with van der Waals surface area (Å²) in [7, 11) is 1.65. The molecule has 24 heavy (non-hydrogen) atoms. The van der Waals surface area contributed by atoms with E-state index in [0.717, 1.165) is 30.1 Å². The number of carbonyl (C=O) groups excluding carboxylic acids is 1. The van der Waals surface area contributed by atoms with Crippen molar-refractivity contribution < 1.29 is 9.53 Å². The van der Waals surface area contributed by atoms with Gasteiger partial charge >= 0.3 is 0 Å². The quantitative estimate of drug-likeness (QED) is 0.883. The number of benzene rings is 1. The number of rotatable bonds is 6. The van der Waals surface area contributed by atoms with Gasteiger partial charge in [0.1, 0.15) is 5.75 Å². The van der Waals surface area contributed by atoms with E-state index in [0.29, 0.717) is 6.54 Å². The molecule has 1 N–H and O–H groups in total. The van der Waals surface area contributed by atoms with Crippen LogP contribution in [0.15, 0.2) is 36.7 Å². The molecule has 0 bridgehead atoms. The van der Waals surface area contributed by atoms with Gasteiger partial charge in [0.2, 0.25) is 5.91 Å². The molecular formula is C18H24N4O2. The predicted octanol–water partition coefficient (Wildman–Crippen LogP) is 2.15. The molecule has 0 aliphatic carbocycles. The average molecular weight is 328 g/mol. The SMILES string of the molecule is COc1ccc(-n2cc([C@H](C)NC(=O)CN3CCCC3)cn2)cc1. The van der Waals surface area contributed by atoms with Crippen LogP contribution in [0.4, 0.5) is 0 Å². The van der Waals surface area contributed by atoms with Gasteiger partial charge in [-0.15, -0.1) is 0 Å². The Morgan fingerprint density at radius 2 is 2.00 bits per heavy atom. The molecule has 1 aliphatic rings. The third-order valence-corrected chi connectivity index (χ3v) is 4.38. The Morgan fingerprint density at radius 3 is 2.67 bits per heavy atom. The summed E-state index contributed by atoms with van der Waals surface area (Å²) in [5.41, 5.74) is 1.94. The van der Waals surface area contributed by atoms with Crippen LogP contribution in [0, 0.1) is 0 Å². The number of ether oxygens (including phenoxy) is 1.